The van der Waals surface area contributed by atoms with E-state index < -0.39 is 5.91 Å². The highest BCUT2D eigenvalue weighted by atomic mass is 15.7. The van der Waals surface area contributed by atoms with Gasteiger partial charge in [-0.25, -0.2) is 44.9 Å². The summed E-state index contributed by atoms with van der Waals surface area (Å²) in [7, 11) is 0. The van der Waals surface area contributed by atoms with E-state index in [1.54, 1.807) is 12.4 Å². The van der Waals surface area contributed by atoms with E-state index in [4.69, 9.17) is 5.73 Å². The first-order valence-corrected chi connectivity index (χ1v) is 8.61. The molecule has 4 aromatic rings. The summed E-state index contributed by atoms with van der Waals surface area (Å²) in [6.07, 6.45) is 8.99. The number of hydrogen-bond acceptors (Lipinski definition) is 13. The number of nitrogens with zero attached hydrogens (tertiary/aromatic N) is 11. The van der Waals surface area contributed by atoms with Crippen LogP contribution in [0.3, 0.4) is 0 Å². The summed E-state index contributed by atoms with van der Waals surface area (Å²) in [6.45, 7) is 0. The summed E-state index contributed by atoms with van der Waals surface area (Å²) in [4.78, 5) is 48.3. The van der Waals surface area contributed by atoms with E-state index >= 15 is 0 Å². The highest BCUT2D eigenvalue weighted by molar-refractivity contribution is 6.65. The summed E-state index contributed by atoms with van der Waals surface area (Å²) < 4.78 is 0. The van der Waals surface area contributed by atoms with Gasteiger partial charge in [-0.3, -0.25) is 5.73 Å². The maximum atomic E-state index is 6.36. The van der Waals surface area contributed by atoms with E-state index in [0.29, 0.717) is 39.8 Å². The number of amidine groups is 1. The van der Waals surface area contributed by atoms with Gasteiger partial charge in [0.15, 0.2) is 17.1 Å². The lowest BCUT2D eigenvalue weighted by molar-refractivity contribution is 0.366. The molecule has 0 aromatic carbocycles. The van der Waals surface area contributed by atoms with Crippen LogP contribution in [0.5, 0.6) is 0 Å². The molecule has 0 bridgehead atoms. The summed E-state index contributed by atoms with van der Waals surface area (Å²) >= 11 is 0. The molecule has 15 heteroatoms. The van der Waals surface area contributed by atoms with Crippen molar-refractivity contribution < 1.29 is 0 Å². The van der Waals surface area contributed by atoms with Crippen molar-refractivity contribution in [3.05, 3.63) is 25.0 Å². The Kier molecular flexibility index (Phi) is 3.29. The Hall–Kier alpha value is -4.50. The van der Waals surface area contributed by atoms with Crippen molar-refractivity contribution >= 4 is 58.3 Å². The van der Waals surface area contributed by atoms with E-state index in [1.165, 1.54) is 30.2 Å². The lowest BCUT2D eigenvalue weighted by atomic mass is 10.3. The van der Waals surface area contributed by atoms with Gasteiger partial charge in [0, 0.05) is 0 Å². The number of rotatable bonds is 4. The average molecular weight is 401 g/mol. The van der Waals surface area contributed by atoms with E-state index in [-0.39, 0.29) is 5.95 Å². The van der Waals surface area contributed by atoms with Crippen LogP contribution < -0.4 is 16.2 Å². The van der Waals surface area contributed by atoms with E-state index in [1.807, 2.05) is 0 Å². The van der Waals surface area contributed by atoms with Crippen molar-refractivity contribution in [3.8, 4) is 0 Å². The van der Waals surface area contributed by atoms with Gasteiger partial charge in [0.1, 0.15) is 29.4 Å². The maximum Gasteiger partial charge on any atom is 0.281 e. The monoisotopic (exact) mass is 401 g/mol. The van der Waals surface area contributed by atoms with Crippen molar-refractivity contribution in [2.45, 2.75) is 5.91 Å². The zero-order chi connectivity index (χ0) is 20.1. The number of aromatic amines is 2. The van der Waals surface area contributed by atoms with Crippen LogP contribution in [0.25, 0.3) is 22.3 Å². The molecule has 6 heterocycles. The van der Waals surface area contributed by atoms with Gasteiger partial charge in [0.25, 0.3) is 5.91 Å². The SMILES string of the molecule is NC1(NN(c2ncc3[nH]cnc3n2)c2nc3ncncc3[nH]2)N=CC2=NC=NC2=N1. The third-order valence-electron chi connectivity index (χ3n) is 4.27. The molecule has 0 saturated heterocycles. The molecule has 0 fully saturated rings. The molecule has 4 aromatic heterocycles. The molecule has 0 aliphatic carbocycles. The van der Waals surface area contributed by atoms with Crippen molar-refractivity contribution in [1.82, 2.24) is 45.3 Å². The number of H-pyrrole nitrogens is 2. The Morgan fingerprint density at radius 2 is 2.00 bits per heavy atom. The maximum absolute atomic E-state index is 6.36. The molecule has 1 unspecified atom stereocenters. The third kappa shape index (κ3) is 2.61. The molecule has 2 aliphatic rings. The quantitative estimate of drug-likeness (QED) is 0.249. The molecule has 0 spiro atoms. The number of hydrogen-bond donors (Lipinski definition) is 4. The van der Waals surface area contributed by atoms with Crippen molar-refractivity contribution in [2.75, 3.05) is 5.01 Å². The molecular weight excluding hydrogens is 390 g/mol. The van der Waals surface area contributed by atoms with Crippen LogP contribution >= 0.6 is 0 Å². The molecule has 5 N–H and O–H groups in total. The first kappa shape index (κ1) is 16.5. The van der Waals surface area contributed by atoms with Gasteiger partial charge >= 0.3 is 0 Å². The first-order chi connectivity index (χ1) is 14.7. The van der Waals surface area contributed by atoms with Crippen LogP contribution in [-0.2, 0) is 0 Å². The largest absolute Gasteiger partial charge is 0.342 e. The van der Waals surface area contributed by atoms with Gasteiger partial charge in [-0.2, -0.15) is 15.4 Å². The summed E-state index contributed by atoms with van der Waals surface area (Å²) in [5.74, 6) is -0.741. The minimum absolute atomic E-state index is 0.205. The van der Waals surface area contributed by atoms with Gasteiger partial charge < -0.3 is 9.97 Å². The Balaban J connectivity index is 1.46. The molecule has 0 saturated carbocycles. The second kappa shape index (κ2) is 6.00. The van der Waals surface area contributed by atoms with Gasteiger partial charge in [0.2, 0.25) is 11.9 Å². The zero-order valence-corrected chi connectivity index (χ0v) is 15.0. The van der Waals surface area contributed by atoms with Crippen LogP contribution in [0.4, 0.5) is 11.9 Å². The topological polar surface area (TPSA) is 200 Å². The van der Waals surface area contributed by atoms with Crippen LogP contribution in [0.15, 0.2) is 45.0 Å². The normalized spacial score (nSPS) is 19.9. The second-order valence-electron chi connectivity index (χ2n) is 6.26. The van der Waals surface area contributed by atoms with Crippen molar-refractivity contribution in [1.29, 1.82) is 0 Å². The molecule has 0 radical (unpaired) electrons. The number of anilines is 2. The molecule has 2 aliphatic heterocycles. The van der Waals surface area contributed by atoms with E-state index in [2.05, 4.69) is 65.3 Å². The fourth-order valence-electron chi connectivity index (χ4n) is 2.90. The number of nitrogens with one attached hydrogen (secondary N) is 3. The predicted molar refractivity (Wildman–Crippen MR) is 107 cm³/mol. The van der Waals surface area contributed by atoms with Gasteiger partial charge in [-0.15, -0.1) is 0 Å². The van der Waals surface area contributed by atoms with Gasteiger partial charge in [-0.05, 0) is 0 Å². The lowest BCUT2D eigenvalue weighted by Crippen LogP contribution is -2.59. The fourth-order valence-corrected chi connectivity index (χ4v) is 2.90. The Bertz CT molecular complexity index is 1370. The molecule has 30 heavy (non-hydrogen) atoms. The highest BCUT2D eigenvalue weighted by Crippen LogP contribution is 2.23. The standard InChI is InChI=1S/C15H11N15/c16-15(24-3-8-12(28-15)23-6-20-8)29-30(13-18-2-7-10(26-13)22-5-19-7)14-25-9-1-17-4-21-11(9)27-14/h1-6,29H,16H2,(H,17,21,25,27)(H,18,19,22,26). The number of hydrazine groups is 1. The molecule has 0 amide bonds. The van der Waals surface area contributed by atoms with Crippen LogP contribution in [0, 0.1) is 0 Å². The number of fused-ring (bicyclic) bond motifs is 3. The van der Waals surface area contributed by atoms with Crippen LogP contribution in [0.2, 0.25) is 0 Å². The second-order valence-corrected chi connectivity index (χ2v) is 6.26. The van der Waals surface area contributed by atoms with Crippen LogP contribution in [0.1, 0.15) is 0 Å². The number of aliphatic imine (C=N–C) groups is 4. The number of nitrogens with two attached hydrogens (primary N) is 1. The first-order valence-electron chi connectivity index (χ1n) is 8.61. The summed E-state index contributed by atoms with van der Waals surface area (Å²) in [5.41, 5.74) is 12.1. The fraction of sp³-hybridized carbons (Fsp3) is 0.0667. The Morgan fingerprint density at radius 3 is 2.93 bits per heavy atom. The molecule has 146 valence electrons. The Morgan fingerprint density at radius 1 is 1.07 bits per heavy atom. The lowest BCUT2D eigenvalue weighted by Gasteiger charge is -2.30. The predicted octanol–water partition coefficient (Wildman–Crippen LogP) is -0.802. The molecule has 6 rings (SSSR count). The highest BCUT2D eigenvalue weighted by Gasteiger charge is 2.34. The molecule has 15 nitrogen and oxygen atoms in total. The smallest absolute Gasteiger partial charge is 0.281 e. The van der Waals surface area contributed by atoms with Gasteiger partial charge in [-0.1, -0.05) is 0 Å². The zero-order valence-electron chi connectivity index (χ0n) is 15.0. The number of imidazole rings is 2. The molecule has 1 atom stereocenters. The van der Waals surface area contributed by atoms with Gasteiger partial charge in [0.05, 0.1) is 24.9 Å². The van der Waals surface area contributed by atoms with Crippen molar-refractivity contribution in [2.24, 2.45) is 25.7 Å². The molecular formula is C15H11N15. The Labute approximate surface area is 166 Å². The third-order valence-corrected chi connectivity index (χ3v) is 4.27. The average Bonchev–Trinajstić information content (AvgIpc) is 3.49. The minimum atomic E-state index is -1.61. The summed E-state index contributed by atoms with van der Waals surface area (Å²) in [6, 6.07) is 0. The van der Waals surface area contributed by atoms with Crippen LogP contribution in [-0.4, -0.2) is 69.9 Å². The number of aromatic nitrogens is 8. The van der Waals surface area contributed by atoms with Crippen molar-refractivity contribution in [3.63, 3.8) is 0 Å². The summed E-state index contributed by atoms with van der Waals surface area (Å²) in [5, 5.41) is 1.41. The minimum Gasteiger partial charge on any atom is -0.342 e. The van der Waals surface area contributed by atoms with E-state index in [9.17, 15) is 0 Å². The van der Waals surface area contributed by atoms with E-state index in [0.717, 1.165) is 0 Å².